The molecule has 3 atom stereocenters. The molecule has 0 aromatic heterocycles. The maximum atomic E-state index is 12.7. The van der Waals surface area contributed by atoms with Gasteiger partial charge in [0.15, 0.2) is 0 Å². The lowest BCUT2D eigenvalue weighted by Crippen LogP contribution is -2.55. The van der Waals surface area contributed by atoms with Gasteiger partial charge in [-0.15, -0.1) is 0 Å². The molecule has 1 rings (SSSR count). The maximum absolute atomic E-state index is 12.7. The third-order valence-electron chi connectivity index (χ3n) is 4.04. The summed E-state index contributed by atoms with van der Waals surface area (Å²) in [5.41, 5.74) is 5.15. The summed E-state index contributed by atoms with van der Waals surface area (Å²) in [6, 6.07) is -3.18. The number of hydrogen-bond donors (Lipinski definition) is 5. The van der Waals surface area contributed by atoms with Gasteiger partial charge in [-0.25, -0.2) is 4.79 Å². The summed E-state index contributed by atoms with van der Waals surface area (Å²) in [6.45, 7) is 1.29. The van der Waals surface area contributed by atoms with Gasteiger partial charge in [0.05, 0.1) is 6.54 Å². The Morgan fingerprint density at radius 1 is 1.19 bits per heavy atom. The largest absolute Gasteiger partial charge is 0.481 e. The van der Waals surface area contributed by atoms with Crippen LogP contribution in [0.3, 0.4) is 0 Å². The lowest BCUT2D eigenvalue weighted by atomic mass is 10.1. The van der Waals surface area contributed by atoms with Crippen molar-refractivity contribution in [1.82, 2.24) is 15.5 Å². The Balaban J connectivity index is 2.84. The van der Waals surface area contributed by atoms with Crippen molar-refractivity contribution in [3.8, 4) is 0 Å². The summed E-state index contributed by atoms with van der Waals surface area (Å²) in [5, 5.41) is 22.8. The fourth-order valence-electron chi connectivity index (χ4n) is 2.68. The standard InChI is InChI=1S/C15H24N4O7/c1-8(17-11(20)7-16)13(23)18-9(4-5-12(21)22)14(24)19-6-2-3-10(19)15(25)26/h8-10H,2-7,16H2,1H3,(H,17,20)(H,18,23)(H,21,22)(H,25,26). The van der Waals surface area contributed by atoms with E-state index >= 15 is 0 Å². The molecule has 0 saturated carbocycles. The first kappa shape index (κ1) is 21.4. The van der Waals surface area contributed by atoms with E-state index in [0.717, 1.165) is 4.90 Å². The molecule has 11 nitrogen and oxygen atoms in total. The second-order valence-corrected chi connectivity index (χ2v) is 6.01. The normalized spacial score (nSPS) is 18.7. The van der Waals surface area contributed by atoms with Crippen LogP contribution in [-0.4, -0.2) is 76.0 Å². The van der Waals surface area contributed by atoms with Gasteiger partial charge >= 0.3 is 11.9 Å². The molecule has 0 aromatic rings. The van der Waals surface area contributed by atoms with Gasteiger partial charge in [0, 0.05) is 13.0 Å². The second-order valence-electron chi connectivity index (χ2n) is 6.01. The third-order valence-corrected chi connectivity index (χ3v) is 4.04. The Kier molecular flexibility index (Phi) is 7.97. The maximum Gasteiger partial charge on any atom is 0.326 e. The van der Waals surface area contributed by atoms with E-state index in [1.165, 1.54) is 6.92 Å². The number of likely N-dealkylation sites (tertiary alicyclic amines) is 1. The molecule has 0 radical (unpaired) electrons. The van der Waals surface area contributed by atoms with Gasteiger partial charge < -0.3 is 31.5 Å². The molecule has 26 heavy (non-hydrogen) atoms. The zero-order valence-electron chi connectivity index (χ0n) is 14.4. The van der Waals surface area contributed by atoms with E-state index in [9.17, 15) is 29.1 Å². The summed E-state index contributed by atoms with van der Waals surface area (Å²) in [5.74, 6) is -4.21. The first-order valence-electron chi connectivity index (χ1n) is 8.22. The van der Waals surface area contributed by atoms with Crippen LogP contribution in [0.1, 0.15) is 32.6 Å². The van der Waals surface area contributed by atoms with E-state index in [2.05, 4.69) is 10.6 Å². The molecule has 0 aliphatic carbocycles. The predicted molar refractivity (Wildman–Crippen MR) is 87.8 cm³/mol. The Labute approximate surface area is 149 Å². The van der Waals surface area contributed by atoms with Crippen LogP contribution in [0.5, 0.6) is 0 Å². The topological polar surface area (TPSA) is 179 Å². The molecular weight excluding hydrogens is 348 g/mol. The van der Waals surface area contributed by atoms with Crippen molar-refractivity contribution in [1.29, 1.82) is 0 Å². The quantitative estimate of drug-likeness (QED) is 0.304. The highest BCUT2D eigenvalue weighted by molar-refractivity contribution is 5.93. The highest BCUT2D eigenvalue weighted by Gasteiger charge is 2.38. The van der Waals surface area contributed by atoms with Crippen LogP contribution in [0, 0.1) is 0 Å². The molecule has 0 bridgehead atoms. The third kappa shape index (κ3) is 5.99. The first-order chi connectivity index (χ1) is 12.2. The van der Waals surface area contributed by atoms with E-state index in [0.29, 0.717) is 12.8 Å². The molecule has 0 spiro atoms. The van der Waals surface area contributed by atoms with Gasteiger partial charge in [-0.3, -0.25) is 19.2 Å². The summed E-state index contributed by atoms with van der Waals surface area (Å²) in [6.07, 6.45) is 0.223. The molecule has 1 fully saturated rings. The number of nitrogens with one attached hydrogen (secondary N) is 2. The number of carboxylic acid groups (broad SMARTS) is 2. The van der Waals surface area contributed by atoms with Crippen molar-refractivity contribution < 1.29 is 34.2 Å². The van der Waals surface area contributed by atoms with Gasteiger partial charge in [-0.05, 0) is 26.2 Å². The number of amides is 3. The number of aliphatic carboxylic acids is 2. The Morgan fingerprint density at radius 3 is 2.38 bits per heavy atom. The lowest BCUT2D eigenvalue weighted by molar-refractivity contribution is -0.150. The summed E-state index contributed by atoms with van der Waals surface area (Å²) >= 11 is 0. The number of nitrogens with two attached hydrogens (primary N) is 1. The van der Waals surface area contributed by atoms with E-state index in [1.54, 1.807) is 0 Å². The number of hydrogen-bond acceptors (Lipinski definition) is 6. The molecule has 1 aliphatic heterocycles. The van der Waals surface area contributed by atoms with Crippen LogP contribution in [0.4, 0.5) is 0 Å². The molecule has 0 aromatic carbocycles. The Hall–Kier alpha value is -2.69. The molecule has 1 aliphatic rings. The fraction of sp³-hybridized carbons (Fsp3) is 0.667. The van der Waals surface area contributed by atoms with Crippen LogP contribution < -0.4 is 16.4 Å². The Morgan fingerprint density at radius 2 is 1.85 bits per heavy atom. The number of carbonyl (C=O) groups excluding carboxylic acids is 3. The average Bonchev–Trinajstić information content (AvgIpc) is 3.07. The van der Waals surface area contributed by atoms with E-state index < -0.39 is 47.8 Å². The molecule has 146 valence electrons. The summed E-state index contributed by atoms with van der Waals surface area (Å²) < 4.78 is 0. The molecule has 11 heteroatoms. The number of carboxylic acids is 2. The SMILES string of the molecule is CC(NC(=O)CN)C(=O)NC(CCC(=O)O)C(=O)N1CCCC1C(=O)O. The van der Waals surface area contributed by atoms with Gasteiger partial charge in [-0.1, -0.05) is 0 Å². The molecule has 3 unspecified atom stereocenters. The van der Waals surface area contributed by atoms with Gasteiger partial charge in [0.2, 0.25) is 17.7 Å². The summed E-state index contributed by atoms with van der Waals surface area (Å²) in [4.78, 5) is 59.3. The van der Waals surface area contributed by atoms with Crippen molar-refractivity contribution in [2.45, 2.75) is 50.7 Å². The van der Waals surface area contributed by atoms with Crippen molar-refractivity contribution in [3.05, 3.63) is 0 Å². The molecule has 1 saturated heterocycles. The van der Waals surface area contributed by atoms with Gasteiger partial charge in [0.1, 0.15) is 18.1 Å². The highest BCUT2D eigenvalue weighted by atomic mass is 16.4. The molecular formula is C15H24N4O7. The van der Waals surface area contributed by atoms with Crippen LogP contribution in [0.15, 0.2) is 0 Å². The zero-order chi connectivity index (χ0) is 19.9. The van der Waals surface area contributed by atoms with E-state index in [4.69, 9.17) is 10.8 Å². The predicted octanol–water partition coefficient (Wildman–Crippen LogP) is -2.12. The number of nitrogens with zero attached hydrogens (tertiary/aromatic N) is 1. The average molecular weight is 372 g/mol. The van der Waals surface area contributed by atoms with Crippen LogP contribution >= 0.6 is 0 Å². The van der Waals surface area contributed by atoms with Crippen molar-refractivity contribution in [2.75, 3.05) is 13.1 Å². The summed E-state index contributed by atoms with van der Waals surface area (Å²) in [7, 11) is 0. The highest BCUT2D eigenvalue weighted by Crippen LogP contribution is 2.19. The first-order valence-corrected chi connectivity index (χ1v) is 8.22. The fourth-order valence-corrected chi connectivity index (χ4v) is 2.68. The monoisotopic (exact) mass is 372 g/mol. The van der Waals surface area contributed by atoms with Crippen LogP contribution in [0.2, 0.25) is 0 Å². The minimum atomic E-state index is -1.20. The van der Waals surface area contributed by atoms with E-state index in [1.807, 2.05) is 0 Å². The van der Waals surface area contributed by atoms with Gasteiger partial charge in [-0.2, -0.15) is 0 Å². The zero-order valence-corrected chi connectivity index (χ0v) is 14.4. The molecule has 1 heterocycles. The number of carbonyl (C=O) groups is 5. The van der Waals surface area contributed by atoms with E-state index in [-0.39, 0.29) is 25.9 Å². The van der Waals surface area contributed by atoms with Crippen molar-refractivity contribution in [2.24, 2.45) is 5.73 Å². The minimum Gasteiger partial charge on any atom is -0.481 e. The smallest absolute Gasteiger partial charge is 0.326 e. The second kappa shape index (κ2) is 9.70. The van der Waals surface area contributed by atoms with Crippen molar-refractivity contribution in [3.63, 3.8) is 0 Å². The lowest BCUT2D eigenvalue weighted by Gasteiger charge is -2.28. The molecule has 6 N–H and O–H groups in total. The van der Waals surface area contributed by atoms with Gasteiger partial charge in [0.25, 0.3) is 0 Å². The Bertz CT molecular complexity index is 580. The molecule has 3 amide bonds. The van der Waals surface area contributed by atoms with Crippen molar-refractivity contribution >= 4 is 29.7 Å². The van der Waals surface area contributed by atoms with Crippen LogP contribution in [0.25, 0.3) is 0 Å². The minimum absolute atomic E-state index is 0.194. The van der Waals surface area contributed by atoms with Crippen LogP contribution in [-0.2, 0) is 24.0 Å². The number of rotatable bonds is 9.